The fourth-order valence-electron chi connectivity index (χ4n) is 6.25. The zero-order chi connectivity index (χ0) is 30.6. The molecule has 1 fully saturated rings. The second kappa shape index (κ2) is 16.6. The molecule has 3 aromatic carbocycles. The summed E-state index contributed by atoms with van der Waals surface area (Å²) in [5.74, 6) is -0.337. The van der Waals surface area contributed by atoms with Crippen molar-refractivity contribution in [2.45, 2.75) is 84.2 Å². The third-order valence-corrected chi connectivity index (χ3v) is 9.32. The Labute approximate surface area is 262 Å². The molecule has 3 aromatic rings. The van der Waals surface area contributed by atoms with Crippen LogP contribution in [0.15, 0.2) is 66.7 Å². The number of amides is 1. The van der Waals surface area contributed by atoms with Crippen molar-refractivity contribution in [1.29, 1.82) is 0 Å². The van der Waals surface area contributed by atoms with Gasteiger partial charge in [0.15, 0.2) is 0 Å². The van der Waals surface area contributed by atoms with Crippen molar-refractivity contribution < 1.29 is 14.7 Å². The van der Waals surface area contributed by atoms with Crippen molar-refractivity contribution in [3.63, 3.8) is 0 Å². The van der Waals surface area contributed by atoms with Crippen LogP contribution in [-0.2, 0) is 17.8 Å². The summed E-state index contributed by atoms with van der Waals surface area (Å²) in [6.07, 6.45) is 12.1. The van der Waals surface area contributed by atoms with Crippen LogP contribution in [0.3, 0.4) is 0 Å². The maximum atomic E-state index is 13.6. The second-order valence-electron chi connectivity index (χ2n) is 11.9. The van der Waals surface area contributed by atoms with Crippen LogP contribution in [0.25, 0.3) is 11.1 Å². The molecule has 1 aliphatic carbocycles. The van der Waals surface area contributed by atoms with E-state index in [0.29, 0.717) is 23.7 Å². The zero-order valence-electron chi connectivity index (χ0n) is 26.1. The number of rotatable bonds is 15. The average Bonchev–Trinajstić information content (AvgIpc) is 3.02. The van der Waals surface area contributed by atoms with E-state index in [2.05, 4.69) is 47.5 Å². The SMILES string of the molecule is CCCCc1ccccc1N(Cc1ccc(C(=O)NC(CCSC)C(=O)[O-])c(-c2ccccc2C)c1)CC1CCCCC1. The molecule has 1 aliphatic rings. The van der Waals surface area contributed by atoms with E-state index in [0.717, 1.165) is 48.2 Å². The number of para-hydroxylation sites is 1. The summed E-state index contributed by atoms with van der Waals surface area (Å²) < 4.78 is 0. The number of hydrogen-bond donors (Lipinski definition) is 1. The molecule has 1 amide bonds. The number of aliphatic carboxylic acids is 1. The third-order valence-electron chi connectivity index (χ3n) is 8.67. The maximum Gasteiger partial charge on any atom is 0.252 e. The summed E-state index contributed by atoms with van der Waals surface area (Å²) in [5, 5.41) is 14.5. The van der Waals surface area contributed by atoms with Gasteiger partial charge in [-0.3, -0.25) is 4.79 Å². The minimum atomic E-state index is -1.25. The predicted molar refractivity (Wildman–Crippen MR) is 179 cm³/mol. The van der Waals surface area contributed by atoms with Gasteiger partial charge in [-0.1, -0.05) is 81.1 Å². The Bertz CT molecular complexity index is 1350. The lowest BCUT2D eigenvalue weighted by Gasteiger charge is -2.33. The van der Waals surface area contributed by atoms with Crippen molar-refractivity contribution in [3.05, 3.63) is 89.0 Å². The largest absolute Gasteiger partial charge is 0.548 e. The van der Waals surface area contributed by atoms with Gasteiger partial charge in [-0.15, -0.1) is 0 Å². The van der Waals surface area contributed by atoms with E-state index >= 15 is 0 Å². The molecule has 6 heteroatoms. The number of unbranched alkanes of at least 4 members (excludes halogenated alkanes) is 1. The van der Waals surface area contributed by atoms with E-state index in [1.165, 1.54) is 49.8 Å². The molecular formula is C37H47N2O3S-. The summed E-state index contributed by atoms with van der Waals surface area (Å²) in [6, 6.07) is 21.9. The number of aryl methyl sites for hydroxylation is 2. The number of carboxylic acid groups (broad SMARTS) is 1. The molecule has 1 unspecified atom stereocenters. The van der Waals surface area contributed by atoms with Gasteiger partial charge in [0.1, 0.15) is 0 Å². The summed E-state index contributed by atoms with van der Waals surface area (Å²) >= 11 is 1.55. The van der Waals surface area contributed by atoms with Gasteiger partial charge in [-0.25, -0.2) is 0 Å². The maximum absolute atomic E-state index is 13.6. The second-order valence-corrected chi connectivity index (χ2v) is 12.9. The number of carboxylic acids is 1. The molecule has 230 valence electrons. The molecule has 0 saturated heterocycles. The number of carbonyl (C=O) groups excluding carboxylic acids is 2. The van der Waals surface area contributed by atoms with Gasteiger partial charge in [0.25, 0.3) is 5.91 Å². The lowest BCUT2D eigenvalue weighted by atomic mass is 9.88. The van der Waals surface area contributed by atoms with Crippen LogP contribution in [0.2, 0.25) is 0 Å². The molecule has 0 radical (unpaired) electrons. The van der Waals surface area contributed by atoms with Crippen molar-refractivity contribution in [2.24, 2.45) is 5.92 Å². The topological polar surface area (TPSA) is 72.5 Å². The van der Waals surface area contributed by atoms with Crippen molar-refractivity contribution in [3.8, 4) is 11.1 Å². The third kappa shape index (κ3) is 9.12. The van der Waals surface area contributed by atoms with Gasteiger partial charge in [0.05, 0.1) is 12.0 Å². The number of nitrogens with zero attached hydrogens (tertiary/aromatic N) is 1. The Morgan fingerprint density at radius 2 is 1.74 bits per heavy atom. The van der Waals surface area contributed by atoms with Gasteiger partial charge in [0.2, 0.25) is 0 Å². The summed E-state index contributed by atoms with van der Waals surface area (Å²) in [7, 11) is 0. The Hall–Kier alpha value is -3.25. The lowest BCUT2D eigenvalue weighted by molar-refractivity contribution is -0.308. The monoisotopic (exact) mass is 599 g/mol. The Morgan fingerprint density at radius 1 is 1.00 bits per heavy atom. The minimum Gasteiger partial charge on any atom is -0.548 e. The first-order chi connectivity index (χ1) is 20.9. The van der Waals surface area contributed by atoms with Crippen molar-refractivity contribution in [2.75, 3.05) is 23.5 Å². The summed E-state index contributed by atoms with van der Waals surface area (Å²) in [5.41, 5.74) is 7.19. The molecule has 0 spiro atoms. The van der Waals surface area contributed by atoms with Gasteiger partial charge < -0.3 is 20.1 Å². The Balaban J connectivity index is 1.71. The van der Waals surface area contributed by atoms with Gasteiger partial charge in [-0.05, 0) is 103 Å². The van der Waals surface area contributed by atoms with Crippen LogP contribution in [-0.4, -0.2) is 36.5 Å². The number of hydrogen-bond acceptors (Lipinski definition) is 5. The average molecular weight is 600 g/mol. The van der Waals surface area contributed by atoms with Gasteiger partial charge in [-0.2, -0.15) is 11.8 Å². The van der Waals surface area contributed by atoms with Crippen LogP contribution >= 0.6 is 11.8 Å². The Morgan fingerprint density at radius 3 is 2.47 bits per heavy atom. The van der Waals surface area contributed by atoms with E-state index in [9.17, 15) is 14.7 Å². The number of benzene rings is 3. The zero-order valence-corrected chi connectivity index (χ0v) is 26.9. The van der Waals surface area contributed by atoms with Gasteiger partial charge >= 0.3 is 0 Å². The smallest absolute Gasteiger partial charge is 0.252 e. The standard InChI is InChI=1S/C37H48N2O3S/c1-4-5-16-30-17-10-12-19-35(30)39(25-28-14-7-6-8-15-28)26-29-20-21-32(33(24-29)31-18-11-9-13-27(31)2)36(40)38-34(37(41)42)22-23-43-3/h9-13,17-21,24,28,34H,4-8,14-16,22-23,25-26H2,1-3H3,(H,38,40)(H,41,42)/p-1. The highest BCUT2D eigenvalue weighted by Crippen LogP contribution is 2.32. The fourth-order valence-corrected chi connectivity index (χ4v) is 6.73. The highest BCUT2D eigenvalue weighted by atomic mass is 32.2. The van der Waals surface area contributed by atoms with Crippen molar-refractivity contribution >= 4 is 29.3 Å². The van der Waals surface area contributed by atoms with E-state index < -0.39 is 12.0 Å². The molecule has 1 atom stereocenters. The van der Waals surface area contributed by atoms with E-state index in [1.807, 2.05) is 49.6 Å². The molecule has 0 heterocycles. The van der Waals surface area contributed by atoms with Crippen LogP contribution in [0, 0.1) is 12.8 Å². The van der Waals surface area contributed by atoms with Crippen LogP contribution in [0.1, 0.15) is 85.3 Å². The van der Waals surface area contributed by atoms with Crippen molar-refractivity contribution in [1.82, 2.24) is 5.32 Å². The van der Waals surface area contributed by atoms with Crippen LogP contribution in [0.4, 0.5) is 5.69 Å². The van der Waals surface area contributed by atoms with E-state index in [1.54, 1.807) is 11.8 Å². The molecule has 43 heavy (non-hydrogen) atoms. The van der Waals surface area contributed by atoms with Crippen LogP contribution in [0.5, 0.6) is 0 Å². The highest BCUT2D eigenvalue weighted by Gasteiger charge is 2.22. The molecule has 1 N–H and O–H groups in total. The molecule has 5 nitrogen and oxygen atoms in total. The molecule has 4 rings (SSSR count). The van der Waals surface area contributed by atoms with Gasteiger partial charge in [0, 0.05) is 24.3 Å². The normalized spacial score (nSPS) is 14.3. The molecule has 0 aromatic heterocycles. The molecule has 0 bridgehead atoms. The number of nitrogens with one attached hydrogen (secondary N) is 1. The first kappa shape index (κ1) is 32.7. The highest BCUT2D eigenvalue weighted by molar-refractivity contribution is 7.98. The summed E-state index contributed by atoms with van der Waals surface area (Å²) in [6.45, 7) is 6.06. The number of carbonyl (C=O) groups is 2. The molecule has 0 aliphatic heterocycles. The van der Waals surface area contributed by atoms with Crippen LogP contribution < -0.4 is 15.3 Å². The predicted octanol–water partition coefficient (Wildman–Crippen LogP) is 7.19. The fraction of sp³-hybridized carbons (Fsp3) is 0.459. The van der Waals surface area contributed by atoms with E-state index in [4.69, 9.17) is 0 Å². The van der Waals surface area contributed by atoms with E-state index in [-0.39, 0.29) is 5.91 Å². The number of thioether (sulfide) groups is 1. The minimum absolute atomic E-state index is 0.320. The lowest BCUT2D eigenvalue weighted by Crippen LogP contribution is -2.48. The first-order valence-electron chi connectivity index (χ1n) is 15.9. The quantitative estimate of drug-likeness (QED) is 0.200. The Kier molecular flexibility index (Phi) is 12.6. The first-order valence-corrected chi connectivity index (χ1v) is 17.3. The number of anilines is 1. The summed E-state index contributed by atoms with van der Waals surface area (Å²) in [4.78, 5) is 27.9. The molecular weight excluding hydrogens is 552 g/mol. The molecule has 1 saturated carbocycles.